The molecule has 0 radical (unpaired) electrons. The number of likely N-dealkylation sites (N-methyl/N-ethyl adjacent to an activating group) is 1. The number of benzene rings is 2. The fourth-order valence-corrected chi connectivity index (χ4v) is 4.07. The SMILES string of the molecule is COc1cccc(C(CN(C)C(=O)OC(C)(C)C)NC(=O)c2cc(-c3ccc4[nH]nc(C)c4c3)ccn2)c1. The van der Waals surface area contributed by atoms with Crippen molar-refractivity contribution in [1.82, 2.24) is 25.4 Å². The van der Waals surface area contributed by atoms with Crippen LogP contribution in [-0.2, 0) is 4.74 Å². The minimum absolute atomic E-state index is 0.184. The number of nitrogens with one attached hydrogen (secondary N) is 2. The minimum Gasteiger partial charge on any atom is -0.497 e. The largest absolute Gasteiger partial charge is 0.497 e. The molecule has 0 aliphatic carbocycles. The van der Waals surface area contributed by atoms with Crippen LogP contribution in [0.15, 0.2) is 60.8 Å². The van der Waals surface area contributed by atoms with E-state index in [1.807, 2.05) is 76.2 Å². The third kappa shape index (κ3) is 6.29. The zero-order valence-electron chi connectivity index (χ0n) is 22.5. The van der Waals surface area contributed by atoms with E-state index in [9.17, 15) is 9.59 Å². The number of aromatic amines is 1. The maximum Gasteiger partial charge on any atom is 0.410 e. The molecule has 2 heterocycles. The zero-order chi connectivity index (χ0) is 27.4. The van der Waals surface area contributed by atoms with Gasteiger partial charge in [-0.2, -0.15) is 5.10 Å². The topological polar surface area (TPSA) is 109 Å². The first kappa shape index (κ1) is 26.7. The van der Waals surface area contributed by atoms with Crippen molar-refractivity contribution in [2.24, 2.45) is 0 Å². The lowest BCUT2D eigenvalue weighted by Crippen LogP contribution is -2.41. The third-order valence-electron chi connectivity index (χ3n) is 6.04. The number of rotatable bonds is 7. The summed E-state index contributed by atoms with van der Waals surface area (Å²) in [6.07, 6.45) is 1.13. The molecule has 198 valence electrons. The van der Waals surface area contributed by atoms with E-state index in [2.05, 4.69) is 20.5 Å². The number of hydrogen-bond acceptors (Lipinski definition) is 6. The molecule has 9 heteroatoms. The summed E-state index contributed by atoms with van der Waals surface area (Å²) in [6, 6.07) is 16.4. The molecule has 9 nitrogen and oxygen atoms in total. The number of nitrogens with zero attached hydrogens (tertiary/aromatic N) is 3. The number of pyridine rings is 1. The zero-order valence-corrected chi connectivity index (χ0v) is 22.5. The third-order valence-corrected chi connectivity index (χ3v) is 6.04. The molecular weight excluding hydrogens is 482 g/mol. The molecule has 4 aromatic rings. The van der Waals surface area contributed by atoms with Gasteiger partial charge in [-0.15, -0.1) is 0 Å². The number of aromatic nitrogens is 3. The molecule has 1 atom stereocenters. The molecular formula is C29H33N5O4. The number of carbonyl (C=O) groups excluding carboxylic acids is 2. The van der Waals surface area contributed by atoms with Crippen LogP contribution in [0.3, 0.4) is 0 Å². The summed E-state index contributed by atoms with van der Waals surface area (Å²) in [5.41, 5.74) is 4.08. The molecule has 0 aliphatic heterocycles. The second-order valence-electron chi connectivity index (χ2n) is 10.2. The number of hydrogen-bond donors (Lipinski definition) is 2. The van der Waals surface area contributed by atoms with Gasteiger partial charge in [-0.05, 0) is 80.8 Å². The molecule has 4 rings (SSSR count). The average molecular weight is 516 g/mol. The fourth-order valence-electron chi connectivity index (χ4n) is 4.07. The second kappa shape index (κ2) is 10.9. The smallest absolute Gasteiger partial charge is 0.410 e. The summed E-state index contributed by atoms with van der Waals surface area (Å²) in [4.78, 5) is 31.8. The summed E-state index contributed by atoms with van der Waals surface area (Å²) in [6.45, 7) is 7.56. The molecule has 0 spiro atoms. The standard InChI is InChI=1S/C29H33N5O4/c1-18-23-15-19(10-11-24(23)33-32-18)20-12-13-30-25(16-20)27(35)31-26(21-8-7-9-22(14-21)37-6)17-34(5)28(36)38-29(2,3)4/h7-16,26H,17H2,1-6H3,(H,31,35)(H,32,33). The van der Waals surface area contributed by atoms with Gasteiger partial charge >= 0.3 is 6.09 Å². The van der Waals surface area contributed by atoms with Gasteiger partial charge in [0.05, 0.1) is 24.4 Å². The molecule has 0 saturated heterocycles. The van der Waals surface area contributed by atoms with Gasteiger partial charge in [0.25, 0.3) is 5.91 Å². The Morgan fingerprint density at radius 2 is 1.84 bits per heavy atom. The minimum atomic E-state index is -0.636. The Balaban J connectivity index is 1.59. The first-order valence-electron chi connectivity index (χ1n) is 12.3. The predicted octanol–water partition coefficient (Wildman–Crippen LogP) is 5.28. The Morgan fingerprint density at radius 1 is 1.08 bits per heavy atom. The Bertz CT molecular complexity index is 1460. The summed E-state index contributed by atoms with van der Waals surface area (Å²) in [5, 5.41) is 11.3. The van der Waals surface area contributed by atoms with Crippen molar-refractivity contribution in [2.45, 2.75) is 39.3 Å². The van der Waals surface area contributed by atoms with Crippen LogP contribution >= 0.6 is 0 Å². The summed E-state index contributed by atoms with van der Waals surface area (Å²) in [5.74, 6) is 0.282. The molecule has 2 aromatic heterocycles. The molecule has 38 heavy (non-hydrogen) atoms. The summed E-state index contributed by atoms with van der Waals surface area (Å²) in [7, 11) is 3.22. The molecule has 1 unspecified atom stereocenters. The van der Waals surface area contributed by atoms with Crippen molar-refractivity contribution < 1.29 is 19.1 Å². The van der Waals surface area contributed by atoms with E-state index in [0.717, 1.165) is 33.3 Å². The van der Waals surface area contributed by atoms with Crippen molar-refractivity contribution in [3.63, 3.8) is 0 Å². The molecule has 0 bridgehead atoms. The van der Waals surface area contributed by atoms with Gasteiger partial charge in [-0.25, -0.2) is 4.79 Å². The number of H-pyrrole nitrogens is 1. The highest BCUT2D eigenvalue weighted by molar-refractivity contribution is 5.94. The van der Waals surface area contributed by atoms with E-state index in [1.165, 1.54) is 4.90 Å². The molecule has 2 aromatic carbocycles. The Labute approximate surface area is 222 Å². The molecule has 0 saturated carbocycles. The summed E-state index contributed by atoms with van der Waals surface area (Å²) < 4.78 is 10.9. The van der Waals surface area contributed by atoms with Gasteiger partial charge in [0, 0.05) is 25.2 Å². The van der Waals surface area contributed by atoms with Crippen molar-refractivity contribution in [1.29, 1.82) is 0 Å². The highest BCUT2D eigenvalue weighted by atomic mass is 16.6. The predicted molar refractivity (Wildman–Crippen MR) is 146 cm³/mol. The van der Waals surface area contributed by atoms with Gasteiger partial charge in [0.15, 0.2) is 0 Å². The van der Waals surface area contributed by atoms with E-state index < -0.39 is 17.7 Å². The molecule has 0 fully saturated rings. The van der Waals surface area contributed by atoms with Gasteiger partial charge in [0.2, 0.25) is 0 Å². The quantitative estimate of drug-likeness (QED) is 0.347. The van der Waals surface area contributed by atoms with Crippen LogP contribution in [-0.4, -0.2) is 58.4 Å². The highest BCUT2D eigenvalue weighted by Gasteiger charge is 2.25. The number of aryl methyl sites for hydroxylation is 1. The first-order valence-corrected chi connectivity index (χ1v) is 12.3. The Kier molecular flexibility index (Phi) is 7.66. The van der Waals surface area contributed by atoms with Crippen LogP contribution in [0.4, 0.5) is 4.79 Å². The Morgan fingerprint density at radius 3 is 2.58 bits per heavy atom. The monoisotopic (exact) mass is 515 g/mol. The van der Waals surface area contributed by atoms with E-state index >= 15 is 0 Å². The van der Waals surface area contributed by atoms with Crippen molar-refractivity contribution in [3.05, 3.63) is 77.7 Å². The van der Waals surface area contributed by atoms with Crippen molar-refractivity contribution in [2.75, 3.05) is 20.7 Å². The number of fused-ring (bicyclic) bond motifs is 1. The van der Waals surface area contributed by atoms with Crippen molar-refractivity contribution in [3.8, 4) is 16.9 Å². The Hall–Kier alpha value is -4.40. The van der Waals surface area contributed by atoms with Crippen LogP contribution in [0.2, 0.25) is 0 Å². The van der Waals surface area contributed by atoms with Crippen LogP contribution in [0.25, 0.3) is 22.0 Å². The van der Waals surface area contributed by atoms with Gasteiger partial charge in [-0.1, -0.05) is 18.2 Å². The summed E-state index contributed by atoms with van der Waals surface area (Å²) >= 11 is 0. The lowest BCUT2D eigenvalue weighted by molar-refractivity contribution is 0.0280. The van der Waals surface area contributed by atoms with Gasteiger partial charge in [0.1, 0.15) is 17.0 Å². The second-order valence-corrected chi connectivity index (χ2v) is 10.2. The van der Waals surface area contributed by atoms with Crippen LogP contribution < -0.4 is 10.1 Å². The highest BCUT2D eigenvalue weighted by Crippen LogP contribution is 2.26. The normalized spacial score (nSPS) is 12.2. The number of methoxy groups -OCH3 is 1. The van der Waals surface area contributed by atoms with Crippen LogP contribution in [0.5, 0.6) is 5.75 Å². The van der Waals surface area contributed by atoms with Gasteiger partial charge in [-0.3, -0.25) is 14.9 Å². The van der Waals surface area contributed by atoms with Crippen LogP contribution in [0.1, 0.15) is 48.6 Å². The van der Waals surface area contributed by atoms with Crippen LogP contribution in [0, 0.1) is 6.92 Å². The van der Waals surface area contributed by atoms with E-state index in [0.29, 0.717) is 5.75 Å². The maximum absolute atomic E-state index is 13.4. The van der Waals surface area contributed by atoms with E-state index in [1.54, 1.807) is 26.4 Å². The average Bonchev–Trinajstić information content (AvgIpc) is 3.27. The molecule has 0 aliphatic rings. The fraction of sp³-hybridized carbons (Fsp3) is 0.310. The molecule has 2 amide bonds. The number of ether oxygens (including phenoxy) is 2. The number of carbonyl (C=O) groups is 2. The van der Waals surface area contributed by atoms with E-state index in [-0.39, 0.29) is 18.1 Å². The molecule has 2 N–H and O–H groups in total. The van der Waals surface area contributed by atoms with Gasteiger partial charge < -0.3 is 19.7 Å². The lowest BCUT2D eigenvalue weighted by Gasteiger charge is -2.28. The lowest BCUT2D eigenvalue weighted by atomic mass is 10.0. The van der Waals surface area contributed by atoms with E-state index in [4.69, 9.17) is 9.47 Å². The first-order chi connectivity index (χ1) is 18.0. The van der Waals surface area contributed by atoms with Crippen molar-refractivity contribution >= 4 is 22.9 Å². The number of amides is 2. The maximum atomic E-state index is 13.4.